The Balaban J connectivity index is 2.57. The van der Waals surface area contributed by atoms with Crippen LogP contribution in [-0.4, -0.2) is 44.9 Å². The molecule has 116 valence electrons. The highest BCUT2D eigenvalue weighted by Gasteiger charge is 2.42. The Morgan fingerprint density at radius 3 is 2.68 bits per heavy atom. The van der Waals surface area contributed by atoms with Crippen molar-refractivity contribution in [1.29, 1.82) is 0 Å². The predicted molar refractivity (Wildman–Crippen MR) is 75.0 cm³/mol. The Morgan fingerprint density at radius 1 is 1.45 bits per heavy atom. The normalized spacial score (nSPS) is 18.0. The van der Waals surface area contributed by atoms with Crippen LogP contribution in [0.3, 0.4) is 0 Å². The van der Waals surface area contributed by atoms with Crippen LogP contribution in [0.2, 0.25) is 0 Å². The first-order valence-electron chi connectivity index (χ1n) is 6.48. The van der Waals surface area contributed by atoms with Gasteiger partial charge in [-0.2, -0.15) is 0 Å². The lowest BCUT2D eigenvalue weighted by Gasteiger charge is -2.25. The molecule has 0 bridgehead atoms. The Hall–Kier alpha value is -2.74. The van der Waals surface area contributed by atoms with Crippen molar-refractivity contribution in [3.05, 3.63) is 51.3 Å². The molecule has 0 aliphatic carbocycles. The number of aliphatic hydroxyl groups excluding tert-OH is 2. The minimum absolute atomic E-state index is 0.104. The van der Waals surface area contributed by atoms with E-state index in [0.29, 0.717) is 5.56 Å². The molecule has 8 nitrogen and oxygen atoms in total. The molecule has 1 aromatic carbocycles. The van der Waals surface area contributed by atoms with Crippen molar-refractivity contribution < 1.29 is 24.7 Å². The molecule has 0 unspecified atom stereocenters. The molecule has 8 heteroatoms. The summed E-state index contributed by atoms with van der Waals surface area (Å²) in [5.41, 5.74) is 0.00684. The van der Waals surface area contributed by atoms with Crippen LogP contribution < -0.4 is 0 Å². The van der Waals surface area contributed by atoms with Crippen LogP contribution in [0.4, 0.5) is 5.69 Å². The maximum absolute atomic E-state index is 12.0. The molecule has 0 saturated carbocycles. The van der Waals surface area contributed by atoms with Crippen LogP contribution in [0.15, 0.2) is 35.6 Å². The van der Waals surface area contributed by atoms with E-state index in [1.165, 1.54) is 31.2 Å². The Kier molecular flexibility index (Phi) is 4.22. The highest BCUT2D eigenvalue weighted by molar-refractivity contribution is 6.08. The van der Waals surface area contributed by atoms with Gasteiger partial charge >= 0.3 is 0 Å². The van der Waals surface area contributed by atoms with Gasteiger partial charge in [0.1, 0.15) is 0 Å². The van der Waals surface area contributed by atoms with Gasteiger partial charge in [0.15, 0.2) is 11.5 Å². The lowest BCUT2D eigenvalue weighted by molar-refractivity contribution is -0.384. The van der Waals surface area contributed by atoms with Crippen molar-refractivity contribution in [2.45, 2.75) is 13.0 Å². The molecule has 0 spiro atoms. The first-order chi connectivity index (χ1) is 10.4. The molecular formula is C14H14N2O6. The topological polar surface area (TPSA) is 121 Å². The first-order valence-corrected chi connectivity index (χ1v) is 6.48. The number of hydrogen-bond acceptors (Lipinski definition) is 6. The number of aliphatic hydroxyl groups is 2. The summed E-state index contributed by atoms with van der Waals surface area (Å²) >= 11 is 0. The number of nitrogens with zero attached hydrogens (tertiary/aromatic N) is 2. The average Bonchev–Trinajstić information content (AvgIpc) is 2.72. The van der Waals surface area contributed by atoms with Crippen molar-refractivity contribution in [2.75, 3.05) is 13.2 Å². The summed E-state index contributed by atoms with van der Waals surface area (Å²) in [6, 6.07) is 4.54. The standard InChI is InChI=1S/C14H14N2O6/c1-8(18)11-12(15(5-6-17)14(20)13(11)19)9-3-2-4-10(7-9)16(21)22/h2-4,7,12,17,19H,5-6H2,1H3/t12-/m1/s1. The number of hydrogen-bond donors (Lipinski definition) is 2. The highest BCUT2D eigenvalue weighted by Crippen LogP contribution is 2.38. The molecule has 0 fully saturated rings. The van der Waals surface area contributed by atoms with Gasteiger partial charge in [0.2, 0.25) is 0 Å². The van der Waals surface area contributed by atoms with Gasteiger partial charge in [0.25, 0.3) is 11.6 Å². The summed E-state index contributed by atoms with van der Waals surface area (Å²) in [5, 5.41) is 29.8. The molecule has 22 heavy (non-hydrogen) atoms. The van der Waals surface area contributed by atoms with Crippen LogP contribution in [0.5, 0.6) is 0 Å². The van der Waals surface area contributed by atoms with Crippen molar-refractivity contribution in [3.63, 3.8) is 0 Å². The van der Waals surface area contributed by atoms with E-state index in [1.807, 2.05) is 0 Å². The lowest BCUT2D eigenvalue weighted by atomic mass is 9.96. The number of ketones is 1. The third kappa shape index (κ3) is 2.56. The first kappa shape index (κ1) is 15.6. The Labute approximate surface area is 125 Å². The molecule has 0 saturated heterocycles. The number of carbonyl (C=O) groups is 2. The van der Waals surface area contributed by atoms with Crippen LogP contribution in [0.25, 0.3) is 0 Å². The fraction of sp³-hybridized carbons (Fsp3) is 0.286. The van der Waals surface area contributed by atoms with Gasteiger partial charge < -0.3 is 15.1 Å². The second-order valence-corrected chi connectivity index (χ2v) is 4.80. The van der Waals surface area contributed by atoms with Crippen LogP contribution >= 0.6 is 0 Å². The number of nitro benzene ring substituents is 1. The summed E-state index contributed by atoms with van der Waals surface area (Å²) in [6.07, 6.45) is 0. The Morgan fingerprint density at radius 2 is 2.14 bits per heavy atom. The fourth-order valence-corrected chi connectivity index (χ4v) is 2.51. The zero-order valence-electron chi connectivity index (χ0n) is 11.7. The second-order valence-electron chi connectivity index (χ2n) is 4.80. The number of β-amino-alcohol motifs (C(OH)–C–C–N with tert-alkyl or cyclic N) is 1. The van der Waals surface area contributed by atoms with Crippen molar-refractivity contribution in [1.82, 2.24) is 4.90 Å². The number of non-ortho nitro benzene ring substituents is 1. The quantitative estimate of drug-likeness (QED) is 0.615. The summed E-state index contributed by atoms with van der Waals surface area (Å²) in [7, 11) is 0. The van der Waals surface area contributed by atoms with E-state index in [4.69, 9.17) is 5.11 Å². The molecule has 1 aromatic rings. The largest absolute Gasteiger partial charge is 0.503 e. The van der Waals surface area contributed by atoms with E-state index in [-0.39, 0.29) is 24.4 Å². The van der Waals surface area contributed by atoms with Crippen molar-refractivity contribution in [2.24, 2.45) is 0 Å². The molecule has 0 aromatic heterocycles. The predicted octanol–water partition coefficient (Wildman–Crippen LogP) is 0.871. The zero-order chi connectivity index (χ0) is 16.4. The van der Waals surface area contributed by atoms with Crippen LogP contribution in [0.1, 0.15) is 18.5 Å². The molecule has 1 aliphatic rings. The van der Waals surface area contributed by atoms with Gasteiger partial charge in [-0.25, -0.2) is 0 Å². The van der Waals surface area contributed by atoms with Crippen LogP contribution in [-0.2, 0) is 9.59 Å². The number of benzene rings is 1. The number of carbonyl (C=O) groups excluding carboxylic acids is 2. The van der Waals surface area contributed by atoms with Gasteiger partial charge in [0.05, 0.1) is 23.1 Å². The molecule has 1 amide bonds. The van der Waals surface area contributed by atoms with Crippen LogP contribution in [0, 0.1) is 10.1 Å². The third-order valence-electron chi connectivity index (χ3n) is 3.42. The minimum atomic E-state index is -0.947. The van der Waals surface area contributed by atoms with E-state index in [2.05, 4.69) is 0 Å². The molecule has 1 atom stereocenters. The van der Waals surface area contributed by atoms with E-state index in [9.17, 15) is 24.8 Å². The monoisotopic (exact) mass is 306 g/mol. The molecular weight excluding hydrogens is 292 g/mol. The van der Waals surface area contributed by atoms with Gasteiger partial charge in [-0.3, -0.25) is 19.7 Å². The highest BCUT2D eigenvalue weighted by atomic mass is 16.6. The molecule has 2 N–H and O–H groups in total. The maximum atomic E-state index is 12.0. The fourth-order valence-electron chi connectivity index (χ4n) is 2.51. The van der Waals surface area contributed by atoms with Crippen molar-refractivity contribution in [3.8, 4) is 0 Å². The number of amides is 1. The molecule has 1 heterocycles. The average molecular weight is 306 g/mol. The summed E-state index contributed by atoms with van der Waals surface area (Å²) in [6.45, 7) is 0.730. The smallest absolute Gasteiger partial charge is 0.290 e. The van der Waals surface area contributed by atoms with E-state index >= 15 is 0 Å². The summed E-state index contributed by atoms with van der Waals surface area (Å²) in [4.78, 5) is 35.2. The molecule has 1 aliphatic heterocycles. The minimum Gasteiger partial charge on any atom is -0.503 e. The molecule has 2 rings (SSSR count). The van der Waals surface area contributed by atoms with Gasteiger partial charge in [0, 0.05) is 18.7 Å². The number of nitro groups is 1. The number of Topliss-reactive ketones (excluding diaryl/α,β-unsaturated/α-hetero) is 1. The Bertz CT molecular complexity index is 682. The van der Waals surface area contributed by atoms with E-state index in [0.717, 1.165) is 4.90 Å². The van der Waals surface area contributed by atoms with Gasteiger partial charge in [-0.05, 0) is 12.5 Å². The number of rotatable bonds is 5. The maximum Gasteiger partial charge on any atom is 0.290 e. The van der Waals surface area contributed by atoms with Gasteiger partial charge in [-0.15, -0.1) is 0 Å². The van der Waals surface area contributed by atoms with E-state index in [1.54, 1.807) is 0 Å². The zero-order valence-corrected chi connectivity index (χ0v) is 11.7. The van der Waals surface area contributed by atoms with Gasteiger partial charge in [-0.1, -0.05) is 12.1 Å². The SMILES string of the molecule is CC(=O)C1=C(O)C(=O)N(CCO)[C@@H]1c1cccc([N+](=O)[O-])c1. The second kappa shape index (κ2) is 5.94. The lowest BCUT2D eigenvalue weighted by Crippen LogP contribution is -2.33. The molecule has 0 radical (unpaired) electrons. The summed E-state index contributed by atoms with van der Waals surface area (Å²) < 4.78 is 0. The summed E-state index contributed by atoms with van der Waals surface area (Å²) in [5.74, 6) is -1.98. The van der Waals surface area contributed by atoms with E-state index < -0.39 is 28.4 Å². The van der Waals surface area contributed by atoms with Crippen molar-refractivity contribution >= 4 is 17.4 Å². The third-order valence-corrected chi connectivity index (χ3v) is 3.42.